The Hall–Kier alpha value is -6.96. The molecule has 0 bridgehead atoms. The maximum absolute atomic E-state index is 6.37. The SMILES string of the molecule is c1ccc(-c2ccc(-c3c4ccccc4c(-c4ccc(-c5ccc6oc7cc8ccccc8cc7c6c5)c5ccccc45)c4ccccc34)cc2)cc1. The van der Waals surface area contributed by atoms with Crippen LogP contribution in [-0.4, -0.2) is 0 Å². The zero-order chi connectivity index (χ0) is 34.9. The minimum Gasteiger partial charge on any atom is -0.456 e. The molecule has 0 aliphatic rings. The summed E-state index contributed by atoms with van der Waals surface area (Å²) in [6.45, 7) is 0. The summed E-state index contributed by atoms with van der Waals surface area (Å²) >= 11 is 0. The Morgan fingerprint density at radius 2 is 0.717 bits per heavy atom. The summed E-state index contributed by atoms with van der Waals surface area (Å²) in [5.41, 5.74) is 11.7. The van der Waals surface area contributed by atoms with E-state index in [-0.39, 0.29) is 0 Å². The second kappa shape index (κ2) is 11.8. The fourth-order valence-corrected chi connectivity index (χ4v) is 8.59. The van der Waals surface area contributed by atoms with Gasteiger partial charge in [0.2, 0.25) is 0 Å². The molecule has 0 radical (unpaired) electrons. The predicted molar refractivity (Wildman–Crippen MR) is 225 cm³/mol. The van der Waals surface area contributed by atoms with Crippen molar-refractivity contribution in [1.82, 2.24) is 0 Å². The molecule has 1 heterocycles. The number of benzene rings is 10. The summed E-state index contributed by atoms with van der Waals surface area (Å²) in [5.74, 6) is 0. The van der Waals surface area contributed by atoms with Crippen LogP contribution in [0.25, 0.3) is 110 Å². The van der Waals surface area contributed by atoms with E-state index in [9.17, 15) is 0 Å². The summed E-state index contributed by atoms with van der Waals surface area (Å²) in [6.07, 6.45) is 0. The van der Waals surface area contributed by atoms with Crippen molar-refractivity contribution in [3.8, 4) is 44.5 Å². The van der Waals surface area contributed by atoms with Crippen molar-refractivity contribution in [3.05, 3.63) is 194 Å². The Kier molecular flexibility index (Phi) is 6.62. The normalized spacial score (nSPS) is 11.8. The molecule has 0 atom stereocenters. The van der Waals surface area contributed by atoms with Gasteiger partial charge in [-0.05, 0) is 112 Å². The maximum Gasteiger partial charge on any atom is 0.136 e. The second-order valence-electron chi connectivity index (χ2n) is 14.0. The van der Waals surface area contributed by atoms with Gasteiger partial charge in [0, 0.05) is 10.8 Å². The van der Waals surface area contributed by atoms with Crippen LogP contribution in [0.4, 0.5) is 0 Å². The van der Waals surface area contributed by atoms with Gasteiger partial charge < -0.3 is 4.42 Å². The molecular weight excluding hydrogens is 641 g/mol. The Labute approximate surface area is 307 Å². The highest BCUT2D eigenvalue weighted by Crippen LogP contribution is 2.47. The average Bonchev–Trinajstić information content (AvgIpc) is 3.58. The summed E-state index contributed by atoms with van der Waals surface area (Å²) in [6, 6.07) is 70.6. The molecule has 0 aliphatic heterocycles. The van der Waals surface area contributed by atoms with Crippen molar-refractivity contribution < 1.29 is 4.42 Å². The molecule has 0 N–H and O–H groups in total. The van der Waals surface area contributed by atoms with Gasteiger partial charge in [0.1, 0.15) is 11.2 Å². The molecule has 246 valence electrons. The van der Waals surface area contributed by atoms with E-state index in [0.717, 1.165) is 21.9 Å². The van der Waals surface area contributed by atoms with Gasteiger partial charge in [0.15, 0.2) is 0 Å². The van der Waals surface area contributed by atoms with E-state index in [1.54, 1.807) is 0 Å². The molecule has 0 aliphatic carbocycles. The summed E-state index contributed by atoms with van der Waals surface area (Å²) in [4.78, 5) is 0. The van der Waals surface area contributed by atoms with Crippen molar-refractivity contribution >= 4 is 65.0 Å². The first kappa shape index (κ1) is 29.7. The van der Waals surface area contributed by atoms with E-state index in [1.807, 2.05) is 0 Å². The monoisotopic (exact) mass is 672 g/mol. The van der Waals surface area contributed by atoms with Gasteiger partial charge in [-0.1, -0.05) is 170 Å². The first-order valence-corrected chi connectivity index (χ1v) is 18.3. The van der Waals surface area contributed by atoms with E-state index < -0.39 is 0 Å². The molecule has 0 fully saturated rings. The van der Waals surface area contributed by atoms with E-state index in [1.165, 1.54) is 87.6 Å². The van der Waals surface area contributed by atoms with Crippen LogP contribution in [0.3, 0.4) is 0 Å². The smallest absolute Gasteiger partial charge is 0.136 e. The molecule has 1 aromatic heterocycles. The van der Waals surface area contributed by atoms with Gasteiger partial charge in [-0.3, -0.25) is 0 Å². The standard InChI is InChI=1S/C52H32O/c1-2-12-33(13-3-1)34-22-24-35(25-23-34)51-42-18-8-10-20-44(42)52(45-21-11-9-19-43(45)51)46-28-27-39(40-16-6-7-17-41(40)46)38-26-29-49-47(31-38)48-30-36-14-4-5-15-37(36)32-50(48)53-49/h1-32H. The van der Waals surface area contributed by atoms with E-state index in [0.29, 0.717) is 0 Å². The van der Waals surface area contributed by atoms with Crippen molar-refractivity contribution in [2.45, 2.75) is 0 Å². The molecule has 0 saturated carbocycles. The number of furan rings is 1. The summed E-state index contributed by atoms with van der Waals surface area (Å²) in [7, 11) is 0. The van der Waals surface area contributed by atoms with E-state index in [4.69, 9.17) is 4.42 Å². The number of rotatable bonds is 4. The molecule has 0 saturated heterocycles. The molecular formula is C52H32O. The lowest BCUT2D eigenvalue weighted by molar-refractivity contribution is 0.669. The van der Waals surface area contributed by atoms with Crippen LogP contribution in [0.2, 0.25) is 0 Å². The van der Waals surface area contributed by atoms with E-state index >= 15 is 0 Å². The Morgan fingerprint density at radius 3 is 1.40 bits per heavy atom. The van der Waals surface area contributed by atoms with Gasteiger partial charge >= 0.3 is 0 Å². The third-order valence-corrected chi connectivity index (χ3v) is 11.1. The second-order valence-corrected chi connectivity index (χ2v) is 14.0. The van der Waals surface area contributed by atoms with Gasteiger partial charge in [-0.25, -0.2) is 0 Å². The number of fused-ring (bicyclic) bond motifs is 7. The minimum atomic E-state index is 0.910. The quantitative estimate of drug-likeness (QED) is 0.170. The number of hydrogen-bond donors (Lipinski definition) is 0. The third kappa shape index (κ3) is 4.71. The lowest BCUT2D eigenvalue weighted by atomic mass is 9.83. The average molecular weight is 673 g/mol. The Balaban J connectivity index is 1.11. The molecule has 0 amide bonds. The molecule has 53 heavy (non-hydrogen) atoms. The molecule has 0 unspecified atom stereocenters. The van der Waals surface area contributed by atoms with Crippen LogP contribution in [0.1, 0.15) is 0 Å². The van der Waals surface area contributed by atoms with Gasteiger partial charge in [-0.15, -0.1) is 0 Å². The van der Waals surface area contributed by atoms with Gasteiger partial charge in [0.05, 0.1) is 0 Å². The molecule has 11 rings (SSSR count). The van der Waals surface area contributed by atoms with Crippen LogP contribution in [0.5, 0.6) is 0 Å². The van der Waals surface area contributed by atoms with Crippen LogP contribution < -0.4 is 0 Å². The van der Waals surface area contributed by atoms with E-state index in [2.05, 4.69) is 194 Å². The molecule has 1 nitrogen and oxygen atoms in total. The summed E-state index contributed by atoms with van der Waals surface area (Å²) < 4.78 is 6.37. The maximum atomic E-state index is 6.37. The highest BCUT2D eigenvalue weighted by atomic mass is 16.3. The van der Waals surface area contributed by atoms with Crippen LogP contribution in [0.15, 0.2) is 199 Å². The molecule has 11 aromatic rings. The third-order valence-electron chi connectivity index (χ3n) is 11.1. The molecule has 1 heteroatoms. The lowest BCUT2D eigenvalue weighted by Crippen LogP contribution is -1.92. The first-order valence-electron chi connectivity index (χ1n) is 18.3. The van der Waals surface area contributed by atoms with Crippen LogP contribution in [0, 0.1) is 0 Å². The summed E-state index contributed by atoms with van der Waals surface area (Å²) in [5, 5.41) is 12.2. The first-order chi connectivity index (χ1) is 26.3. The Morgan fingerprint density at radius 1 is 0.245 bits per heavy atom. The highest BCUT2D eigenvalue weighted by Gasteiger charge is 2.19. The van der Waals surface area contributed by atoms with Gasteiger partial charge in [0.25, 0.3) is 0 Å². The van der Waals surface area contributed by atoms with Crippen LogP contribution >= 0.6 is 0 Å². The fraction of sp³-hybridized carbons (Fsp3) is 0. The van der Waals surface area contributed by atoms with Gasteiger partial charge in [-0.2, -0.15) is 0 Å². The zero-order valence-electron chi connectivity index (χ0n) is 28.9. The van der Waals surface area contributed by atoms with Crippen LogP contribution in [-0.2, 0) is 0 Å². The molecule has 10 aromatic carbocycles. The van der Waals surface area contributed by atoms with Crippen molar-refractivity contribution in [2.24, 2.45) is 0 Å². The number of hydrogen-bond acceptors (Lipinski definition) is 1. The topological polar surface area (TPSA) is 13.1 Å². The minimum absolute atomic E-state index is 0.910. The Bertz CT molecular complexity index is 3150. The largest absolute Gasteiger partial charge is 0.456 e. The van der Waals surface area contributed by atoms with Crippen molar-refractivity contribution in [2.75, 3.05) is 0 Å². The predicted octanol–water partition coefficient (Wildman–Crippen LogP) is 14.9. The van der Waals surface area contributed by atoms with Crippen molar-refractivity contribution in [3.63, 3.8) is 0 Å². The lowest BCUT2D eigenvalue weighted by Gasteiger charge is -2.20. The zero-order valence-corrected chi connectivity index (χ0v) is 28.9. The highest BCUT2D eigenvalue weighted by molar-refractivity contribution is 6.24. The molecule has 0 spiro atoms. The fourth-order valence-electron chi connectivity index (χ4n) is 8.59. The van der Waals surface area contributed by atoms with Crippen molar-refractivity contribution in [1.29, 1.82) is 0 Å².